The highest BCUT2D eigenvalue weighted by molar-refractivity contribution is 7.85. The monoisotopic (exact) mass is 259 g/mol. The molecule has 0 saturated carbocycles. The van der Waals surface area contributed by atoms with E-state index in [-0.39, 0.29) is 4.75 Å². The number of benzene rings is 2. The van der Waals surface area contributed by atoms with E-state index in [9.17, 15) is 4.21 Å². The third kappa shape index (κ3) is 3.05. The normalized spacial score (nSPS) is 14.2. The fourth-order valence-corrected chi connectivity index (χ4v) is 2.09. The van der Waals surface area contributed by atoms with Gasteiger partial charge in [-0.15, -0.1) is 0 Å². The summed E-state index contributed by atoms with van der Waals surface area (Å²) in [5.74, 6) is 0. The SMILES string of the molecule is CC(C)(C)S(=O)/N=C/c1ccc2ccccc2c1. The topological polar surface area (TPSA) is 29.4 Å². The number of hydrogen-bond donors (Lipinski definition) is 0. The number of fused-ring (bicyclic) bond motifs is 1. The Balaban J connectivity index is 2.27. The smallest absolute Gasteiger partial charge is 0.144 e. The van der Waals surface area contributed by atoms with E-state index in [0.29, 0.717) is 0 Å². The summed E-state index contributed by atoms with van der Waals surface area (Å²) in [5.41, 5.74) is 0.978. The zero-order valence-electron chi connectivity index (χ0n) is 10.9. The molecule has 0 aliphatic rings. The van der Waals surface area contributed by atoms with Crippen molar-refractivity contribution in [2.45, 2.75) is 25.5 Å². The van der Waals surface area contributed by atoms with Gasteiger partial charge in [-0.25, -0.2) is 4.21 Å². The van der Waals surface area contributed by atoms with Gasteiger partial charge < -0.3 is 0 Å². The number of hydrogen-bond acceptors (Lipinski definition) is 1. The molecular weight excluding hydrogens is 242 g/mol. The van der Waals surface area contributed by atoms with Crippen molar-refractivity contribution in [2.24, 2.45) is 4.40 Å². The van der Waals surface area contributed by atoms with Crippen molar-refractivity contribution in [1.29, 1.82) is 0 Å². The summed E-state index contributed by atoms with van der Waals surface area (Å²) in [6.45, 7) is 5.75. The summed E-state index contributed by atoms with van der Waals surface area (Å²) < 4.78 is 15.6. The van der Waals surface area contributed by atoms with Gasteiger partial charge in [0, 0.05) is 6.21 Å². The molecule has 2 aromatic carbocycles. The van der Waals surface area contributed by atoms with Gasteiger partial charge in [-0.2, -0.15) is 4.40 Å². The minimum atomic E-state index is -1.20. The Morgan fingerprint density at radius 1 is 1.06 bits per heavy atom. The molecule has 0 radical (unpaired) electrons. The van der Waals surface area contributed by atoms with Gasteiger partial charge >= 0.3 is 0 Å². The van der Waals surface area contributed by atoms with Crippen LogP contribution in [0.25, 0.3) is 10.8 Å². The Hall–Kier alpha value is -1.48. The number of rotatable bonds is 2. The Morgan fingerprint density at radius 3 is 2.39 bits per heavy atom. The summed E-state index contributed by atoms with van der Waals surface area (Å²) in [7, 11) is -1.20. The fraction of sp³-hybridized carbons (Fsp3) is 0.267. The van der Waals surface area contributed by atoms with Crippen LogP contribution in [0.3, 0.4) is 0 Å². The molecule has 2 rings (SSSR count). The first-order chi connectivity index (χ1) is 8.47. The molecule has 0 amide bonds. The van der Waals surface area contributed by atoms with Gasteiger partial charge in [0.1, 0.15) is 11.0 Å². The van der Waals surface area contributed by atoms with Crippen LogP contribution in [0.2, 0.25) is 0 Å². The van der Waals surface area contributed by atoms with E-state index in [2.05, 4.69) is 28.7 Å². The van der Waals surface area contributed by atoms with Crippen LogP contribution in [0.15, 0.2) is 46.9 Å². The van der Waals surface area contributed by atoms with Crippen molar-refractivity contribution in [3.8, 4) is 0 Å². The zero-order valence-corrected chi connectivity index (χ0v) is 11.7. The van der Waals surface area contributed by atoms with Crippen LogP contribution >= 0.6 is 0 Å². The van der Waals surface area contributed by atoms with Crippen molar-refractivity contribution >= 4 is 28.0 Å². The lowest BCUT2D eigenvalue weighted by molar-refractivity contribution is 0.651. The summed E-state index contributed by atoms with van der Waals surface area (Å²) in [5, 5.41) is 2.37. The molecule has 2 nitrogen and oxygen atoms in total. The van der Waals surface area contributed by atoms with E-state index in [4.69, 9.17) is 0 Å². The van der Waals surface area contributed by atoms with E-state index in [1.54, 1.807) is 6.21 Å². The van der Waals surface area contributed by atoms with E-state index in [0.717, 1.165) is 5.56 Å². The van der Waals surface area contributed by atoms with Crippen LogP contribution in [0, 0.1) is 0 Å². The molecule has 0 spiro atoms. The molecule has 2 aromatic rings. The highest BCUT2D eigenvalue weighted by Crippen LogP contribution is 2.16. The van der Waals surface area contributed by atoms with Crippen LogP contribution in [-0.2, 0) is 11.0 Å². The lowest BCUT2D eigenvalue weighted by atomic mass is 10.1. The zero-order chi connectivity index (χ0) is 13.2. The molecule has 0 aromatic heterocycles. The Labute approximate surface area is 110 Å². The van der Waals surface area contributed by atoms with Gasteiger partial charge in [-0.05, 0) is 43.2 Å². The van der Waals surface area contributed by atoms with Crippen LogP contribution in [-0.4, -0.2) is 15.2 Å². The van der Waals surface area contributed by atoms with Crippen molar-refractivity contribution in [1.82, 2.24) is 0 Å². The minimum absolute atomic E-state index is 0.312. The first-order valence-corrected chi connectivity index (χ1v) is 7.02. The first-order valence-electron chi connectivity index (χ1n) is 5.92. The van der Waals surface area contributed by atoms with Crippen LogP contribution in [0.5, 0.6) is 0 Å². The van der Waals surface area contributed by atoms with Crippen LogP contribution < -0.4 is 0 Å². The maximum absolute atomic E-state index is 11.8. The number of nitrogens with zero attached hydrogens (tertiary/aromatic N) is 1. The predicted octanol–water partition coefficient (Wildman–Crippen LogP) is 3.72. The molecule has 0 aliphatic carbocycles. The molecular formula is C15H17NOS. The molecule has 0 saturated heterocycles. The van der Waals surface area contributed by atoms with Crippen molar-refractivity contribution in [3.05, 3.63) is 48.0 Å². The highest BCUT2D eigenvalue weighted by Gasteiger charge is 2.17. The minimum Gasteiger partial charge on any atom is -0.234 e. The molecule has 0 N–H and O–H groups in total. The highest BCUT2D eigenvalue weighted by atomic mass is 32.2. The van der Waals surface area contributed by atoms with Gasteiger partial charge in [0.15, 0.2) is 0 Å². The van der Waals surface area contributed by atoms with E-state index >= 15 is 0 Å². The molecule has 0 aliphatic heterocycles. The van der Waals surface area contributed by atoms with Gasteiger partial charge in [-0.3, -0.25) is 0 Å². The first kappa shape index (κ1) is 13.0. The van der Waals surface area contributed by atoms with Gasteiger partial charge in [0.2, 0.25) is 0 Å². The lowest BCUT2D eigenvalue weighted by Gasteiger charge is -2.12. The fourth-order valence-electron chi connectivity index (χ4n) is 1.55. The predicted molar refractivity (Wildman–Crippen MR) is 79.4 cm³/mol. The summed E-state index contributed by atoms with van der Waals surface area (Å²) in [6.07, 6.45) is 1.69. The average Bonchev–Trinajstić information content (AvgIpc) is 2.34. The van der Waals surface area contributed by atoms with Crippen molar-refractivity contribution in [3.63, 3.8) is 0 Å². The molecule has 18 heavy (non-hydrogen) atoms. The van der Waals surface area contributed by atoms with Crippen molar-refractivity contribution < 1.29 is 4.21 Å². The lowest BCUT2D eigenvalue weighted by Crippen LogP contribution is -2.19. The maximum Gasteiger partial charge on any atom is 0.144 e. The Morgan fingerprint density at radius 2 is 1.72 bits per heavy atom. The quantitative estimate of drug-likeness (QED) is 0.756. The van der Waals surface area contributed by atoms with E-state index in [1.807, 2.05) is 39.0 Å². The summed E-state index contributed by atoms with van der Waals surface area (Å²) in [6, 6.07) is 14.3. The third-order valence-electron chi connectivity index (χ3n) is 2.59. The molecule has 1 unspecified atom stereocenters. The molecule has 1 atom stereocenters. The van der Waals surface area contributed by atoms with E-state index < -0.39 is 11.0 Å². The standard InChI is InChI=1S/C15H17NOS/c1-15(2,3)18(17)16-11-12-8-9-13-6-4-5-7-14(13)10-12/h4-11H,1-3H3/b16-11+. The Kier molecular flexibility index (Phi) is 3.62. The van der Waals surface area contributed by atoms with Crippen molar-refractivity contribution in [2.75, 3.05) is 0 Å². The van der Waals surface area contributed by atoms with Crippen LogP contribution in [0.1, 0.15) is 26.3 Å². The summed E-state index contributed by atoms with van der Waals surface area (Å²) in [4.78, 5) is 0. The Bertz CT molecular complexity index is 611. The second kappa shape index (κ2) is 5.02. The van der Waals surface area contributed by atoms with Gasteiger partial charge in [-0.1, -0.05) is 36.4 Å². The molecule has 0 heterocycles. The van der Waals surface area contributed by atoms with E-state index in [1.165, 1.54) is 10.8 Å². The molecule has 0 fully saturated rings. The average molecular weight is 259 g/mol. The van der Waals surface area contributed by atoms with Crippen LogP contribution in [0.4, 0.5) is 0 Å². The second-order valence-corrected chi connectivity index (χ2v) is 7.14. The van der Waals surface area contributed by atoms with Gasteiger partial charge in [0.25, 0.3) is 0 Å². The van der Waals surface area contributed by atoms with Gasteiger partial charge in [0.05, 0.1) is 4.75 Å². The molecule has 3 heteroatoms. The largest absolute Gasteiger partial charge is 0.234 e. The summed E-state index contributed by atoms with van der Waals surface area (Å²) >= 11 is 0. The third-order valence-corrected chi connectivity index (χ3v) is 3.94. The molecule has 0 bridgehead atoms. The maximum atomic E-state index is 11.8. The second-order valence-electron chi connectivity index (χ2n) is 5.20. The molecule has 94 valence electrons.